The van der Waals surface area contributed by atoms with Gasteiger partial charge in [-0.25, -0.2) is 0 Å². The molecule has 0 fully saturated rings. The molecule has 0 bridgehead atoms. The molecule has 0 saturated carbocycles. The van der Waals surface area contributed by atoms with Gasteiger partial charge in [-0.2, -0.15) is 0 Å². The molecule has 0 nitrogen and oxygen atoms in total. The number of unbranched alkanes of at least 4 members (excludes halogenated alkanes) is 1. The Hall–Kier alpha value is 0.0900. The minimum absolute atomic E-state index is 0.464. The lowest BCUT2D eigenvalue weighted by molar-refractivity contribution is 0.794. The first-order chi connectivity index (χ1) is 7.01. The molecule has 0 amide bonds. The Bertz CT molecular complexity index is 285. The monoisotopic (exact) mass is 264 g/mol. The van der Waals surface area contributed by atoms with Gasteiger partial charge in [-0.05, 0) is 24.0 Å². The van der Waals surface area contributed by atoms with E-state index in [9.17, 15) is 0 Å². The number of benzene rings is 1. The lowest BCUT2D eigenvalue weighted by atomic mass is 10.1. The summed E-state index contributed by atoms with van der Waals surface area (Å²) >= 11 is 17.2. The van der Waals surface area contributed by atoms with Crippen molar-refractivity contribution in [2.24, 2.45) is 0 Å². The van der Waals surface area contributed by atoms with Gasteiger partial charge in [-0.15, -0.1) is 0 Å². The molecular formula is C12H15Cl3. The molecular weight excluding hydrogens is 250 g/mol. The fourth-order valence-corrected chi connectivity index (χ4v) is 1.90. The summed E-state index contributed by atoms with van der Waals surface area (Å²) in [6.45, 7) is 2.19. The molecule has 84 valence electrons. The van der Waals surface area contributed by atoms with Crippen LogP contribution >= 0.6 is 34.8 Å². The molecule has 1 aromatic rings. The molecule has 0 spiro atoms. The van der Waals surface area contributed by atoms with E-state index in [0.717, 1.165) is 12.0 Å². The molecule has 0 aliphatic heterocycles. The van der Waals surface area contributed by atoms with E-state index in [-0.39, 0.29) is 0 Å². The maximum Gasteiger partial charge on any atom is 0.194 e. The first-order valence-electron chi connectivity index (χ1n) is 5.16. The zero-order valence-corrected chi connectivity index (χ0v) is 11.0. The molecule has 1 aromatic carbocycles. The quantitative estimate of drug-likeness (QED) is 0.676. The summed E-state index contributed by atoms with van der Waals surface area (Å²) in [4.78, 5) is 0. The van der Waals surface area contributed by atoms with E-state index in [4.69, 9.17) is 34.8 Å². The molecule has 0 aromatic heterocycles. The van der Waals surface area contributed by atoms with Crippen LogP contribution in [0.5, 0.6) is 0 Å². The molecule has 0 aliphatic carbocycles. The Balaban J connectivity index is 2.56. The largest absolute Gasteiger partial charge is 0.194 e. The number of hydrogen-bond donors (Lipinski definition) is 0. The van der Waals surface area contributed by atoms with Crippen LogP contribution in [0.15, 0.2) is 24.3 Å². The second-order valence-electron chi connectivity index (χ2n) is 3.71. The summed E-state index contributed by atoms with van der Waals surface area (Å²) in [6, 6.07) is 8.29. The maximum atomic E-state index is 5.72. The number of aryl methyl sites for hydroxylation is 1. The van der Waals surface area contributed by atoms with Crippen LogP contribution in [0.3, 0.4) is 0 Å². The Morgan fingerprint density at radius 3 is 2.00 bits per heavy atom. The summed E-state index contributed by atoms with van der Waals surface area (Å²) in [6.07, 6.45) is 4.04. The van der Waals surface area contributed by atoms with Gasteiger partial charge in [0.2, 0.25) is 0 Å². The zero-order valence-electron chi connectivity index (χ0n) is 8.77. The van der Waals surface area contributed by atoms with Gasteiger partial charge >= 0.3 is 0 Å². The van der Waals surface area contributed by atoms with Gasteiger partial charge in [0.1, 0.15) is 0 Å². The first-order valence-corrected chi connectivity index (χ1v) is 6.29. The van der Waals surface area contributed by atoms with Crippen molar-refractivity contribution in [2.45, 2.75) is 36.4 Å². The fraction of sp³-hybridized carbons (Fsp3) is 0.500. The molecule has 0 unspecified atom stereocenters. The van der Waals surface area contributed by atoms with E-state index in [2.05, 4.69) is 19.1 Å². The third-order valence-corrected chi connectivity index (χ3v) is 2.65. The summed E-state index contributed by atoms with van der Waals surface area (Å²) < 4.78 is -1.19. The molecule has 0 saturated heterocycles. The summed E-state index contributed by atoms with van der Waals surface area (Å²) in [5.41, 5.74) is 2.42. The molecule has 0 heterocycles. The normalized spacial score (nSPS) is 11.7. The number of halogens is 3. The third-order valence-electron chi connectivity index (χ3n) is 2.25. The fourth-order valence-electron chi connectivity index (χ4n) is 1.44. The SMILES string of the molecule is CCCCc1ccc(CC(Cl)(Cl)Cl)cc1. The number of alkyl halides is 3. The van der Waals surface area contributed by atoms with Crippen LogP contribution in [-0.2, 0) is 12.8 Å². The van der Waals surface area contributed by atoms with E-state index in [0.29, 0.717) is 6.42 Å². The zero-order chi connectivity index (χ0) is 11.3. The minimum Gasteiger partial charge on any atom is -0.0833 e. The van der Waals surface area contributed by atoms with Crippen molar-refractivity contribution in [2.75, 3.05) is 0 Å². The van der Waals surface area contributed by atoms with Crippen molar-refractivity contribution in [3.8, 4) is 0 Å². The standard InChI is InChI=1S/C12H15Cl3/c1-2-3-4-10-5-7-11(8-6-10)9-12(13,14)15/h5-8H,2-4,9H2,1H3. The lowest BCUT2D eigenvalue weighted by Crippen LogP contribution is -2.06. The van der Waals surface area contributed by atoms with Gasteiger partial charge in [0.25, 0.3) is 0 Å². The second kappa shape index (κ2) is 5.98. The second-order valence-corrected chi connectivity index (χ2v) is 6.23. The van der Waals surface area contributed by atoms with Gasteiger partial charge in [0.15, 0.2) is 3.79 Å². The van der Waals surface area contributed by atoms with Crippen LogP contribution in [0, 0.1) is 0 Å². The lowest BCUT2D eigenvalue weighted by Gasteiger charge is -2.10. The van der Waals surface area contributed by atoms with Crippen molar-refractivity contribution in [3.63, 3.8) is 0 Å². The molecule has 3 heteroatoms. The highest BCUT2D eigenvalue weighted by Crippen LogP contribution is 2.30. The number of hydrogen-bond acceptors (Lipinski definition) is 0. The highest BCUT2D eigenvalue weighted by molar-refractivity contribution is 6.67. The van der Waals surface area contributed by atoms with Crippen LogP contribution in [0.25, 0.3) is 0 Å². The minimum atomic E-state index is -1.19. The Morgan fingerprint density at radius 1 is 1.00 bits per heavy atom. The smallest absolute Gasteiger partial charge is 0.0833 e. The highest BCUT2D eigenvalue weighted by Gasteiger charge is 2.19. The van der Waals surface area contributed by atoms with Crippen LogP contribution in [0.1, 0.15) is 30.9 Å². The number of rotatable bonds is 4. The van der Waals surface area contributed by atoms with Crippen LogP contribution in [0.4, 0.5) is 0 Å². The van der Waals surface area contributed by atoms with Crippen LogP contribution in [0.2, 0.25) is 0 Å². The predicted molar refractivity (Wildman–Crippen MR) is 69.0 cm³/mol. The molecule has 0 N–H and O–H groups in total. The molecule has 15 heavy (non-hydrogen) atoms. The van der Waals surface area contributed by atoms with E-state index in [1.54, 1.807) is 0 Å². The van der Waals surface area contributed by atoms with Crippen molar-refractivity contribution in [1.82, 2.24) is 0 Å². The topological polar surface area (TPSA) is 0 Å². The van der Waals surface area contributed by atoms with E-state index in [1.165, 1.54) is 18.4 Å². The Kier molecular flexibility index (Phi) is 5.25. The van der Waals surface area contributed by atoms with E-state index >= 15 is 0 Å². The highest BCUT2D eigenvalue weighted by atomic mass is 35.6. The average Bonchev–Trinajstić information content (AvgIpc) is 2.14. The Morgan fingerprint density at radius 2 is 1.53 bits per heavy atom. The predicted octanol–water partition coefficient (Wildman–Crippen LogP) is 4.94. The van der Waals surface area contributed by atoms with E-state index in [1.807, 2.05) is 12.1 Å². The van der Waals surface area contributed by atoms with Crippen LogP contribution in [-0.4, -0.2) is 3.79 Å². The van der Waals surface area contributed by atoms with Crippen molar-refractivity contribution >= 4 is 34.8 Å². The van der Waals surface area contributed by atoms with Crippen molar-refractivity contribution in [1.29, 1.82) is 0 Å². The van der Waals surface area contributed by atoms with Crippen LogP contribution < -0.4 is 0 Å². The van der Waals surface area contributed by atoms with Gasteiger partial charge in [-0.3, -0.25) is 0 Å². The Labute approximate surface area is 107 Å². The van der Waals surface area contributed by atoms with Gasteiger partial charge in [-0.1, -0.05) is 72.4 Å². The maximum absolute atomic E-state index is 5.72. The summed E-state index contributed by atoms with van der Waals surface area (Å²) in [5, 5.41) is 0. The van der Waals surface area contributed by atoms with Crippen molar-refractivity contribution in [3.05, 3.63) is 35.4 Å². The average molecular weight is 266 g/mol. The summed E-state index contributed by atoms with van der Waals surface area (Å²) in [5.74, 6) is 0. The summed E-state index contributed by atoms with van der Waals surface area (Å²) in [7, 11) is 0. The van der Waals surface area contributed by atoms with Gasteiger partial charge in [0, 0.05) is 6.42 Å². The first kappa shape index (κ1) is 13.2. The van der Waals surface area contributed by atoms with E-state index < -0.39 is 3.79 Å². The molecule has 0 atom stereocenters. The molecule has 0 radical (unpaired) electrons. The van der Waals surface area contributed by atoms with Gasteiger partial charge < -0.3 is 0 Å². The molecule has 1 rings (SSSR count). The molecule has 0 aliphatic rings. The third kappa shape index (κ3) is 5.65. The van der Waals surface area contributed by atoms with Crippen molar-refractivity contribution < 1.29 is 0 Å². The van der Waals surface area contributed by atoms with Gasteiger partial charge in [0.05, 0.1) is 0 Å².